The van der Waals surface area contributed by atoms with Gasteiger partial charge in [0.15, 0.2) is 0 Å². The molecule has 0 aliphatic rings. The minimum atomic E-state index is -0.584. The standard InChI is InChI=1S/C13H26N2O3/c1-6-10(4)11(12(16)18-5)15-13(17)14-8-7-9(2)3/h9-11H,6-8H2,1-5H3,(H2,14,15,17)/t10-,11-/m1/s1. The van der Waals surface area contributed by atoms with E-state index < -0.39 is 12.0 Å². The van der Waals surface area contributed by atoms with Gasteiger partial charge in [-0.2, -0.15) is 0 Å². The van der Waals surface area contributed by atoms with Gasteiger partial charge in [0.05, 0.1) is 7.11 Å². The highest BCUT2D eigenvalue weighted by Gasteiger charge is 2.26. The average molecular weight is 258 g/mol. The molecule has 5 nitrogen and oxygen atoms in total. The number of amides is 2. The van der Waals surface area contributed by atoms with Crippen molar-refractivity contribution in [3.8, 4) is 0 Å². The van der Waals surface area contributed by atoms with Crippen LogP contribution in [0.1, 0.15) is 40.5 Å². The van der Waals surface area contributed by atoms with Crippen LogP contribution in [0.15, 0.2) is 0 Å². The second-order valence-electron chi connectivity index (χ2n) is 4.97. The molecule has 0 aromatic heterocycles. The first-order chi connectivity index (χ1) is 8.42. The van der Waals surface area contributed by atoms with Crippen LogP contribution in [0.2, 0.25) is 0 Å². The molecule has 0 aromatic rings. The highest BCUT2D eigenvalue weighted by Crippen LogP contribution is 2.09. The van der Waals surface area contributed by atoms with Crippen molar-refractivity contribution in [3.05, 3.63) is 0 Å². The number of esters is 1. The van der Waals surface area contributed by atoms with Crippen LogP contribution in [0.4, 0.5) is 4.79 Å². The molecule has 0 aliphatic heterocycles. The van der Waals surface area contributed by atoms with Crippen LogP contribution in [-0.4, -0.2) is 31.7 Å². The van der Waals surface area contributed by atoms with Crippen molar-refractivity contribution < 1.29 is 14.3 Å². The van der Waals surface area contributed by atoms with Crippen LogP contribution < -0.4 is 10.6 Å². The summed E-state index contributed by atoms with van der Waals surface area (Å²) in [7, 11) is 1.33. The zero-order valence-electron chi connectivity index (χ0n) is 12.1. The number of hydrogen-bond acceptors (Lipinski definition) is 3. The summed E-state index contributed by atoms with van der Waals surface area (Å²) in [6, 6.07) is -0.898. The fourth-order valence-electron chi connectivity index (χ4n) is 1.46. The Balaban J connectivity index is 4.23. The lowest BCUT2D eigenvalue weighted by Gasteiger charge is -2.22. The van der Waals surface area contributed by atoms with Crippen LogP contribution in [-0.2, 0) is 9.53 Å². The summed E-state index contributed by atoms with van der Waals surface area (Å²) in [5.74, 6) is 0.188. The molecule has 0 fully saturated rings. The van der Waals surface area contributed by atoms with Crippen LogP contribution in [0.3, 0.4) is 0 Å². The Bertz CT molecular complexity index is 267. The summed E-state index contributed by atoms with van der Waals surface area (Å²) in [6.45, 7) is 8.68. The van der Waals surface area contributed by atoms with E-state index in [9.17, 15) is 9.59 Å². The van der Waals surface area contributed by atoms with E-state index in [1.807, 2.05) is 13.8 Å². The van der Waals surface area contributed by atoms with Crippen molar-refractivity contribution in [3.63, 3.8) is 0 Å². The zero-order valence-corrected chi connectivity index (χ0v) is 12.1. The van der Waals surface area contributed by atoms with Crippen molar-refractivity contribution in [1.82, 2.24) is 10.6 Å². The lowest BCUT2D eigenvalue weighted by Crippen LogP contribution is -2.49. The van der Waals surface area contributed by atoms with Crippen molar-refractivity contribution in [1.29, 1.82) is 0 Å². The van der Waals surface area contributed by atoms with Crippen LogP contribution in [0.5, 0.6) is 0 Å². The first-order valence-electron chi connectivity index (χ1n) is 6.54. The number of ether oxygens (including phenoxy) is 1. The number of carbonyl (C=O) groups excluding carboxylic acids is 2. The second-order valence-corrected chi connectivity index (χ2v) is 4.97. The largest absolute Gasteiger partial charge is 0.467 e. The SMILES string of the molecule is CC[C@@H](C)[C@@H](NC(=O)NCCC(C)C)C(=O)OC. The third-order valence-electron chi connectivity index (χ3n) is 2.96. The highest BCUT2D eigenvalue weighted by molar-refractivity contribution is 5.83. The normalized spacial score (nSPS) is 13.9. The van der Waals surface area contributed by atoms with Crippen LogP contribution in [0.25, 0.3) is 0 Å². The molecule has 0 bridgehead atoms. The van der Waals surface area contributed by atoms with Gasteiger partial charge < -0.3 is 15.4 Å². The van der Waals surface area contributed by atoms with E-state index in [2.05, 4.69) is 24.5 Å². The molecular formula is C13H26N2O3. The van der Waals surface area contributed by atoms with Gasteiger partial charge in [-0.1, -0.05) is 34.1 Å². The van der Waals surface area contributed by atoms with Gasteiger partial charge in [-0.3, -0.25) is 0 Å². The van der Waals surface area contributed by atoms with Gasteiger partial charge >= 0.3 is 12.0 Å². The van der Waals surface area contributed by atoms with Crippen LogP contribution in [0, 0.1) is 11.8 Å². The Morgan fingerprint density at radius 2 is 1.83 bits per heavy atom. The lowest BCUT2D eigenvalue weighted by atomic mass is 9.99. The Kier molecular flexibility index (Phi) is 8.16. The molecule has 0 spiro atoms. The molecule has 5 heteroatoms. The number of methoxy groups -OCH3 is 1. The van der Waals surface area contributed by atoms with Crippen molar-refractivity contribution in [2.45, 2.75) is 46.6 Å². The van der Waals surface area contributed by atoms with Crippen molar-refractivity contribution >= 4 is 12.0 Å². The third kappa shape index (κ3) is 6.47. The van der Waals surface area contributed by atoms with Crippen LogP contribution >= 0.6 is 0 Å². The van der Waals surface area contributed by atoms with E-state index in [1.165, 1.54) is 7.11 Å². The molecule has 18 heavy (non-hydrogen) atoms. The van der Waals surface area contributed by atoms with Gasteiger partial charge in [0.2, 0.25) is 0 Å². The number of rotatable bonds is 7. The Hall–Kier alpha value is -1.26. The molecule has 2 amide bonds. The van der Waals surface area contributed by atoms with E-state index in [4.69, 9.17) is 4.74 Å². The average Bonchev–Trinajstić information content (AvgIpc) is 2.33. The predicted octanol–water partition coefficient (Wildman–Crippen LogP) is 1.92. The van der Waals surface area contributed by atoms with Gasteiger partial charge in [-0.25, -0.2) is 9.59 Å². The maximum absolute atomic E-state index is 11.6. The Labute approximate surface area is 110 Å². The van der Waals surface area contributed by atoms with Crippen molar-refractivity contribution in [2.24, 2.45) is 11.8 Å². The number of carbonyl (C=O) groups is 2. The number of urea groups is 1. The molecule has 0 radical (unpaired) electrons. The minimum absolute atomic E-state index is 0.0494. The molecule has 2 atom stereocenters. The minimum Gasteiger partial charge on any atom is -0.467 e. The molecule has 2 N–H and O–H groups in total. The van der Waals surface area contributed by atoms with Gasteiger partial charge in [0, 0.05) is 6.54 Å². The maximum atomic E-state index is 11.6. The third-order valence-corrected chi connectivity index (χ3v) is 2.96. The molecule has 0 unspecified atom stereocenters. The predicted molar refractivity (Wildman–Crippen MR) is 71.2 cm³/mol. The summed E-state index contributed by atoms with van der Waals surface area (Å²) in [4.78, 5) is 23.2. The summed E-state index contributed by atoms with van der Waals surface area (Å²) in [5, 5.41) is 5.41. The summed E-state index contributed by atoms with van der Waals surface area (Å²) in [6.07, 6.45) is 1.71. The maximum Gasteiger partial charge on any atom is 0.328 e. The molecule has 0 aromatic carbocycles. The smallest absolute Gasteiger partial charge is 0.328 e. The quantitative estimate of drug-likeness (QED) is 0.686. The summed E-state index contributed by atoms with van der Waals surface area (Å²) in [5.41, 5.74) is 0. The number of hydrogen-bond donors (Lipinski definition) is 2. The second kappa shape index (κ2) is 8.78. The highest BCUT2D eigenvalue weighted by atomic mass is 16.5. The summed E-state index contributed by atoms with van der Waals surface area (Å²) < 4.78 is 4.70. The van der Waals surface area contributed by atoms with E-state index in [-0.39, 0.29) is 11.9 Å². The van der Waals surface area contributed by atoms with Gasteiger partial charge in [-0.15, -0.1) is 0 Å². The van der Waals surface area contributed by atoms with Gasteiger partial charge in [0.25, 0.3) is 0 Å². The Morgan fingerprint density at radius 3 is 2.28 bits per heavy atom. The van der Waals surface area contributed by atoms with E-state index in [1.54, 1.807) is 0 Å². The van der Waals surface area contributed by atoms with E-state index >= 15 is 0 Å². The van der Waals surface area contributed by atoms with Gasteiger partial charge in [0.1, 0.15) is 6.04 Å². The topological polar surface area (TPSA) is 67.4 Å². The molecule has 0 heterocycles. The van der Waals surface area contributed by atoms with Gasteiger partial charge in [-0.05, 0) is 18.3 Å². The monoisotopic (exact) mass is 258 g/mol. The molecule has 0 saturated carbocycles. The van der Waals surface area contributed by atoms with E-state index in [0.717, 1.165) is 12.8 Å². The molecule has 0 aliphatic carbocycles. The zero-order chi connectivity index (χ0) is 14.1. The molecule has 0 saturated heterocycles. The van der Waals surface area contributed by atoms with E-state index in [0.29, 0.717) is 12.5 Å². The first-order valence-corrected chi connectivity index (χ1v) is 6.54. The summed E-state index contributed by atoms with van der Waals surface area (Å²) >= 11 is 0. The lowest BCUT2D eigenvalue weighted by molar-refractivity contribution is -0.144. The molecular weight excluding hydrogens is 232 g/mol. The first kappa shape index (κ1) is 16.7. The fourth-order valence-corrected chi connectivity index (χ4v) is 1.46. The fraction of sp³-hybridized carbons (Fsp3) is 0.846. The Morgan fingerprint density at radius 1 is 1.22 bits per heavy atom. The number of nitrogens with one attached hydrogen (secondary N) is 2. The van der Waals surface area contributed by atoms with Crippen molar-refractivity contribution in [2.75, 3.05) is 13.7 Å². The molecule has 106 valence electrons. The molecule has 0 rings (SSSR count).